The Kier molecular flexibility index (Phi) is 3.02. The molecule has 0 spiro atoms. The third kappa shape index (κ3) is 3.71. The van der Waals surface area contributed by atoms with Crippen molar-refractivity contribution < 1.29 is 24.2 Å². The second kappa shape index (κ2) is 4.04. The molecule has 1 rings (SSSR count). The molecule has 5 heteroatoms. The molecule has 0 bridgehead atoms. The largest absolute Gasteiger partial charge is 0.478 e. The fourth-order valence-corrected chi connectivity index (χ4v) is 0.651. The second-order valence-electron chi connectivity index (χ2n) is 2.72. The second-order valence-corrected chi connectivity index (χ2v) is 2.72. The maximum atomic E-state index is 10.9. The van der Waals surface area contributed by atoms with Crippen LogP contribution in [0.3, 0.4) is 0 Å². The van der Waals surface area contributed by atoms with Gasteiger partial charge in [-0.3, -0.25) is 4.79 Å². The fraction of sp³-hybridized carbons (Fsp3) is 0.500. The molecule has 1 aliphatic heterocycles. The topological polar surface area (TPSA) is 76.1 Å². The zero-order valence-electron chi connectivity index (χ0n) is 6.99. The highest BCUT2D eigenvalue weighted by atomic mass is 16.6. The summed E-state index contributed by atoms with van der Waals surface area (Å²) >= 11 is 0. The van der Waals surface area contributed by atoms with Gasteiger partial charge in [0.2, 0.25) is 0 Å². The molecule has 0 saturated carbocycles. The number of carbonyl (C=O) groups is 2. The Morgan fingerprint density at radius 1 is 1.62 bits per heavy atom. The molecule has 1 fully saturated rings. The van der Waals surface area contributed by atoms with E-state index in [1.807, 2.05) is 0 Å². The maximum absolute atomic E-state index is 10.9. The minimum absolute atomic E-state index is 0.00189. The van der Waals surface area contributed by atoms with Crippen LogP contribution in [0, 0.1) is 0 Å². The van der Waals surface area contributed by atoms with Crippen LogP contribution < -0.4 is 0 Å². The predicted molar refractivity (Wildman–Crippen MR) is 42.1 cm³/mol. The third-order valence-electron chi connectivity index (χ3n) is 1.49. The molecule has 0 aliphatic carbocycles. The number of ether oxygens (including phenoxy) is 2. The van der Waals surface area contributed by atoms with E-state index in [9.17, 15) is 9.59 Å². The summed E-state index contributed by atoms with van der Waals surface area (Å²) in [5.41, 5.74) is -0.165. The van der Waals surface area contributed by atoms with Crippen molar-refractivity contribution in [1.82, 2.24) is 0 Å². The van der Waals surface area contributed by atoms with Crippen LogP contribution >= 0.6 is 0 Å². The van der Waals surface area contributed by atoms with Crippen LogP contribution in [0.5, 0.6) is 0 Å². The molecule has 0 aromatic rings. The Labute approximate surface area is 74.9 Å². The van der Waals surface area contributed by atoms with Gasteiger partial charge in [-0.15, -0.1) is 0 Å². The smallest absolute Gasteiger partial charge is 0.331 e. The minimum atomic E-state index is -1.18. The number of carboxylic acids is 1. The highest BCUT2D eigenvalue weighted by molar-refractivity contribution is 5.91. The highest BCUT2D eigenvalue weighted by Gasteiger charge is 2.24. The van der Waals surface area contributed by atoms with Crippen molar-refractivity contribution in [1.29, 1.82) is 0 Å². The summed E-state index contributed by atoms with van der Waals surface area (Å²) in [4.78, 5) is 21.1. The van der Waals surface area contributed by atoms with E-state index in [0.29, 0.717) is 6.61 Å². The van der Waals surface area contributed by atoms with Crippen molar-refractivity contribution in [3.8, 4) is 0 Å². The molecule has 1 N–H and O–H groups in total. The summed E-state index contributed by atoms with van der Waals surface area (Å²) in [6, 6.07) is 0. The number of epoxide rings is 1. The lowest BCUT2D eigenvalue weighted by molar-refractivity contribution is -0.145. The number of esters is 1. The van der Waals surface area contributed by atoms with Crippen LogP contribution in [-0.2, 0) is 19.1 Å². The van der Waals surface area contributed by atoms with Crippen molar-refractivity contribution in [3.63, 3.8) is 0 Å². The van der Waals surface area contributed by atoms with E-state index in [4.69, 9.17) is 14.6 Å². The summed E-state index contributed by atoms with van der Waals surface area (Å²) < 4.78 is 9.49. The quantitative estimate of drug-likeness (QED) is 0.370. The molecule has 1 unspecified atom stereocenters. The molecule has 1 heterocycles. The summed E-state index contributed by atoms with van der Waals surface area (Å²) in [6.07, 6.45) is -0.274. The molecular formula is C8H10O5. The monoisotopic (exact) mass is 186 g/mol. The van der Waals surface area contributed by atoms with E-state index >= 15 is 0 Å². The number of hydrogen-bond acceptors (Lipinski definition) is 4. The van der Waals surface area contributed by atoms with Gasteiger partial charge in [-0.1, -0.05) is 6.58 Å². The van der Waals surface area contributed by atoms with Gasteiger partial charge >= 0.3 is 11.9 Å². The first-order valence-corrected chi connectivity index (χ1v) is 3.78. The molecule has 0 radical (unpaired) electrons. The molecule has 1 atom stereocenters. The lowest BCUT2D eigenvalue weighted by Gasteiger charge is -2.01. The van der Waals surface area contributed by atoms with Gasteiger partial charge in [-0.2, -0.15) is 0 Å². The Morgan fingerprint density at radius 2 is 2.23 bits per heavy atom. The predicted octanol–water partition coefficient (Wildman–Crippen LogP) is -0.0407. The van der Waals surface area contributed by atoms with Crippen LogP contribution in [0.25, 0.3) is 0 Å². The number of carbonyl (C=O) groups excluding carboxylic acids is 1. The van der Waals surface area contributed by atoms with Crippen molar-refractivity contribution in [3.05, 3.63) is 12.2 Å². The molecular weight excluding hydrogens is 176 g/mol. The van der Waals surface area contributed by atoms with Crippen LogP contribution in [0.1, 0.15) is 6.42 Å². The van der Waals surface area contributed by atoms with Crippen molar-refractivity contribution in [2.45, 2.75) is 12.5 Å². The highest BCUT2D eigenvalue weighted by Crippen LogP contribution is 2.09. The summed E-state index contributed by atoms with van der Waals surface area (Å²) in [6.45, 7) is 4.01. The molecule has 72 valence electrons. The van der Waals surface area contributed by atoms with E-state index in [-0.39, 0.29) is 24.7 Å². The van der Waals surface area contributed by atoms with Crippen molar-refractivity contribution in [2.24, 2.45) is 0 Å². The van der Waals surface area contributed by atoms with Crippen LogP contribution in [0.4, 0.5) is 0 Å². The van der Waals surface area contributed by atoms with Gasteiger partial charge in [0, 0.05) is 5.57 Å². The minimum Gasteiger partial charge on any atom is -0.478 e. The maximum Gasteiger partial charge on any atom is 0.331 e. The first kappa shape index (κ1) is 9.73. The van der Waals surface area contributed by atoms with Crippen molar-refractivity contribution >= 4 is 11.9 Å². The Bertz CT molecular complexity index is 241. The van der Waals surface area contributed by atoms with Crippen LogP contribution in [-0.4, -0.2) is 36.4 Å². The normalized spacial score (nSPS) is 19.2. The standard InChI is InChI=1S/C8H10O5/c1-5(8(10)11)2-7(9)13-4-6-3-12-6/h6H,1-4H2,(H,10,11). The zero-order chi connectivity index (χ0) is 9.84. The van der Waals surface area contributed by atoms with Gasteiger partial charge in [-0.05, 0) is 0 Å². The first-order valence-electron chi connectivity index (χ1n) is 3.78. The molecule has 0 aromatic heterocycles. The summed E-state index contributed by atoms with van der Waals surface area (Å²) in [7, 11) is 0. The summed E-state index contributed by atoms with van der Waals surface area (Å²) in [5.74, 6) is -1.76. The molecule has 1 saturated heterocycles. The average Bonchev–Trinajstić information content (AvgIpc) is 2.83. The van der Waals surface area contributed by atoms with Gasteiger partial charge in [0.05, 0.1) is 13.0 Å². The Balaban J connectivity index is 2.15. The van der Waals surface area contributed by atoms with E-state index in [1.165, 1.54) is 0 Å². The Hall–Kier alpha value is -1.36. The number of aliphatic carboxylic acids is 1. The lowest BCUT2D eigenvalue weighted by Crippen LogP contribution is -2.12. The molecule has 5 nitrogen and oxygen atoms in total. The fourth-order valence-electron chi connectivity index (χ4n) is 0.651. The van der Waals surface area contributed by atoms with Gasteiger partial charge < -0.3 is 14.6 Å². The zero-order valence-corrected chi connectivity index (χ0v) is 6.99. The van der Waals surface area contributed by atoms with Gasteiger partial charge in [-0.25, -0.2) is 4.79 Å². The van der Waals surface area contributed by atoms with E-state index in [1.54, 1.807) is 0 Å². The molecule has 13 heavy (non-hydrogen) atoms. The van der Waals surface area contributed by atoms with E-state index in [2.05, 4.69) is 6.58 Å². The first-order chi connectivity index (χ1) is 6.09. The van der Waals surface area contributed by atoms with Gasteiger partial charge in [0.25, 0.3) is 0 Å². The lowest BCUT2D eigenvalue weighted by atomic mass is 10.2. The number of hydrogen-bond donors (Lipinski definition) is 1. The SMILES string of the molecule is C=C(CC(=O)OCC1CO1)C(=O)O. The number of carboxylic acid groups (broad SMARTS) is 1. The van der Waals surface area contributed by atoms with E-state index < -0.39 is 11.9 Å². The number of rotatable bonds is 5. The summed E-state index contributed by atoms with van der Waals surface area (Å²) in [5, 5.41) is 8.39. The van der Waals surface area contributed by atoms with Crippen LogP contribution in [0.15, 0.2) is 12.2 Å². The van der Waals surface area contributed by atoms with Gasteiger partial charge in [0.1, 0.15) is 12.7 Å². The molecule has 0 amide bonds. The molecule has 1 aliphatic rings. The third-order valence-corrected chi connectivity index (χ3v) is 1.49. The average molecular weight is 186 g/mol. The Morgan fingerprint density at radius 3 is 2.69 bits per heavy atom. The van der Waals surface area contributed by atoms with Crippen molar-refractivity contribution in [2.75, 3.05) is 13.2 Å². The van der Waals surface area contributed by atoms with E-state index in [0.717, 1.165) is 0 Å². The van der Waals surface area contributed by atoms with Crippen LogP contribution in [0.2, 0.25) is 0 Å². The molecule has 0 aromatic carbocycles. The van der Waals surface area contributed by atoms with Gasteiger partial charge in [0.15, 0.2) is 0 Å².